The van der Waals surface area contributed by atoms with Gasteiger partial charge in [0.25, 0.3) is 11.5 Å². The van der Waals surface area contributed by atoms with Crippen molar-refractivity contribution in [3.8, 4) is 0 Å². The molecule has 3 rings (SSSR count). The van der Waals surface area contributed by atoms with Crippen LogP contribution >= 0.6 is 11.8 Å². The minimum absolute atomic E-state index is 0.0693. The number of fused-ring (bicyclic) bond motifs is 1. The summed E-state index contributed by atoms with van der Waals surface area (Å²) >= 11 is 1.45. The fourth-order valence-corrected chi connectivity index (χ4v) is 2.97. The van der Waals surface area contributed by atoms with Crippen molar-refractivity contribution in [1.82, 2.24) is 19.9 Å². The standard InChI is InChI=1S/C14H14N4O2S/c1-21-13-10(3-2-5-15-13)14(20)18-6-4-9-11(7-18)16-8-17-12(9)19/h2-3,5,8H,4,6-7H2,1H3,(H,16,17,19). The highest BCUT2D eigenvalue weighted by Crippen LogP contribution is 2.21. The maximum Gasteiger partial charge on any atom is 0.256 e. The second-order valence-corrected chi connectivity index (χ2v) is 5.49. The molecule has 0 aromatic carbocycles. The van der Waals surface area contributed by atoms with Crippen molar-refractivity contribution in [3.05, 3.63) is 51.8 Å². The molecule has 21 heavy (non-hydrogen) atoms. The smallest absolute Gasteiger partial charge is 0.256 e. The lowest BCUT2D eigenvalue weighted by Gasteiger charge is -2.27. The predicted octanol–water partition coefficient (Wildman–Crippen LogP) is 1.09. The Morgan fingerprint density at radius 3 is 3.10 bits per heavy atom. The van der Waals surface area contributed by atoms with Gasteiger partial charge in [0.05, 0.1) is 24.1 Å². The summed E-state index contributed by atoms with van der Waals surface area (Å²) in [5.41, 5.74) is 1.84. The number of aromatic amines is 1. The monoisotopic (exact) mass is 302 g/mol. The maximum atomic E-state index is 12.6. The van der Waals surface area contributed by atoms with Gasteiger partial charge in [-0.2, -0.15) is 0 Å². The molecule has 1 aliphatic heterocycles. The molecule has 0 atom stereocenters. The summed E-state index contributed by atoms with van der Waals surface area (Å²) in [5, 5.41) is 0.715. The largest absolute Gasteiger partial charge is 0.332 e. The van der Waals surface area contributed by atoms with E-state index in [9.17, 15) is 9.59 Å². The number of thioether (sulfide) groups is 1. The Bertz CT molecular complexity index is 744. The second kappa shape index (κ2) is 5.69. The van der Waals surface area contributed by atoms with Crippen LogP contribution < -0.4 is 5.56 Å². The van der Waals surface area contributed by atoms with Crippen LogP contribution in [0.25, 0.3) is 0 Å². The third-order valence-electron chi connectivity index (χ3n) is 3.49. The number of amides is 1. The van der Waals surface area contributed by atoms with Gasteiger partial charge in [-0.25, -0.2) is 9.97 Å². The Hall–Kier alpha value is -2.15. The summed E-state index contributed by atoms with van der Waals surface area (Å²) < 4.78 is 0. The molecule has 1 N–H and O–H groups in total. The highest BCUT2D eigenvalue weighted by atomic mass is 32.2. The van der Waals surface area contributed by atoms with Gasteiger partial charge >= 0.3 is 0 Å². The molecule has 1 aliphatic rings. The SMILES string of the molecule is CSc1ncccc1C(=O)N1CCc2c(nc[nH]c2=O)C1. The molecule has 0 saturated carbocycles. The molecule has 0 fully saturated rings. The molecule has 0 aliphatic carbocycles. The number of nitrogens with one attached hydrogen (secondary N) is 1. The second-order valence-electron chi connectivity index (χ2n) is 4.69. The molecule has 7 heteroatoms. The summed E-state index contributed by atoms with van der Waals surface area (Å²) in [6, 6.07) is 3.54. The van der Waals surface area contributed by atoms with E-state index in [2.05, 4.69) is 15.0 Å². The van der Waals surface area contributed by atoms with Crippen LogP contribution in [0.2, 0.25) is 0 Å². The topological polar surface area (TPSA) is 79.0 Å². The van der Waals surface area contributed by atoms with E-state index in [-0.39, 0.29) is 11.5 Å². The fourth-order valence-electron chi connectivity index (χ4n) is 2.43. The summed E-state index contributed by atoms with van der Waals surface area (Å²) in [6.07, 6.45) is 5.48. The van der Waals surface area contributed by atoms with Gasteiger partial charge in [0.15, 0.2) is 0 Å². The first-order valence-corrected chi connectivity index (χ1v) is 7.77. The first kappa shape index (κ1) is 13.8. The fraction of sp³-hybridized carbons (Fsp3) is 0.286. The molecular formula is C14H14N4O2S. The van der Waals surface area contributed by atoms with E-state index in [1.54, 1.807) is 23.2 Å². The molecule has 3 heterocycles. The molecule has 108 valence electrons. The van der Waals surface area contributed by atoms with E-state index in [1.807, 2.05) is 6.26 Å². The van der Waals surface area contributed by atoms with E-state index < -0.39 is 0 Å². The lowest BCUT2D eigenvalue weighted by Crippen LogP contribution is -2.39. The van der Waals surface area contributed by atoms with Crippen molar-refractivity contribution in [2.24, 2.45) is 0 Å². The number of carbonyl (C=O) groups excluding carboxylic acids is 1. The van der Waals surface area contributed by atoms with Gasteiger partial charge in [-0.1, -0.05) is 0 Å². The molecule has 0 bridgehead atoms. The van der Waals surface area contributed by atoms with E-state index in [1.165, 1.54) is 18.1 Å². The molecule has 0 radical (unpaired) electrons. The van der Waals surface area contributed by atoms with Gasteiger partial charge in [-0.3, -0.25) is 9.59 Å². The van der Waals surface area contributed by atoms with Crippen LogP contribution in [0.3, 0.4) is 0 Å². The van der Waals surface area contributed by atoms with Gasteiger partial charge in [0, 0.05) is 18.3 Å². The van der Waals surface area contributed by atoms with Crippen LogP contribution in [0, 0.1) is 0 Å². The number of hydrogen-bond donors (Lipinski definition) is 1. The number of H-pyrrole nitrogens is 1. The first-order chi connectivity index (χ1) is 10.2. The first-order valence-electron chi connectivity index (χ1n) is 6.54. The average Bonchev–Trinajstić information content (AvgIpc) is 2.54. The average molecular weight is 302 g/mol. The van der Waals surface area contributed by atoms with Crippen molar-refractivity contribution in [3.63, 3.8) is 0 Å². The quantitative estimate of drug-likeness (QED) is 0.840. The van der Waals surface area contributed by atoms with Crippen molar-refractivity contribution in [2.75, 3.05) is 12.8 Å². The summed E-state index contributed by atoms with van der Waals surface area (Å²) in [7, 11) is 0. The van der Waals surface area contributed by atoms with Crippen LogP contribution in [0.5, 0.6) is 0 Å². The Kier molecular flexibility index (Phi) is 3.74. The lowest BCUT2D eigenvalue weighted by atomic mass is 10.1. The molecule has 2 aromatic rings. The molecule has 6 nitrogen and oxygen atoms in total. The molecule has 1 amide bonds. The number of carbonyl (C=O) groups is 1. The zero-order valence-corrected chi connectivity index (χ0v) is 12.3. The van der Waals surface area contributed by atoms with Gasteiger partial charge in [0.1, 0.15) is 5.03 Å². The van der Waals surface area contributed by atoms with Gasteiger partial charge in [-0.15, -0.1) is 11.8 Å². The molecular weight excluding hydrogens is 288 g/mol. The van der Waals surface area contributed by atoms with Crippen LogP contribution in [0.1, 0.15) is 21.6 Å². The third-order valence-corrected chi connectivity index (χ3v) is 4.20. The zero-order chi connectivity index (χ0) is 14.8. The lowest BCUT2D eigenvalue weighted by molar-refractivity contribution is 0.0727. The summed E-state index contributed by atoms with van der Waals surface area (Å²) in [4.78, 5) is 37.0. The molecule has 0 unspecified atom stereocenters. The normalized spacial score (nSPS) is 13.9. The Balaban J connectivity index is 1.89. The summed E-state index contributed by atoms with van der Waals surface area (Å²) in [5.74, 6) is -0.0693. The van der Waals surface area contributed by atoms with Gasteiger partial charge in [0.2, 0.25) is 0 Å². The molecule has 0 saturated heterocycles. The summed E-state index contributed by atoms with van der Waals surface area (Å²) in [6.45, 7) is 0.879. The van der Waals surface area contributed by atoms with Crippen molar-refractivity contribution in [1.29, 1.82) is 0 Å². The third kappa shape index (κ3) is 2.56. The van der Waals surface area contributed by atoms with Gasteiger partial charge in [-0.05, 0) is 24.8 Å². The number of rotatable bonds is 2. The molecule has 0 spiro atoms. The highest BCUT2D eigenvalue weighted by Gasteiger charge is 2.25. The van der Waals surface area contributed by atoms with Crippen molar-refractivity contribution >= 4 is 17.7 Å². The number of nitrogens with zero attached hydrogens (tertiary/aromatic N) is 3. The Morgan fingerprint density at radius 2 is 2.29 bits per heavy atom. The van der Waals surface area contributed by atoms with Crippen molar-refractivity contribution in [2.45, 2.75) is 18.0 Å². The Morgan fingerprint density at radius 1 is 1.43 bits per heavy atom. The van der Waals surface area contributed by atoms with E-state index >= 15 is 0 Å². The predicted molar refractivity (Wildman–Crippen MR) is 79.3 cm³/mol. The zero-order valence-electron chi connectivity index (χ0n) is 11.5. The number of hydrogen-bond acceptors (Lipinski definition) is 5. The van der Waals surface area contributed by atoms with E-state index in [4.69, 9.17) is 0 Å². The highest BCUT2D eigenvalue weighted by molar-refractivity contribution is 7.98. The van der Waals surface area contributed by atoms with Crippen LogP contribution in [-0.2, 0) is 13.0 Å². The minimum Gasteiger partial charge on any atom is -0.332 e. The maximum absolute atomic E-state index is 12.6. The van der Waals surface area contributed by atoms with E-state index in [0.717, 1.165) is 0 Å². The van der Waals surface area contributed by atoms with Gasteiger partial charge < -0.3 is 9.88 Å². The van der Waals surface area contributed by atoms with Crippen LogP contribution in [0.15, 0.2) is 34.5 Å². The Labute approximate surface area is 125 Å². The number of aromatic nitrogens is 3. The minimum atomic E-state index is -0.113. The van der Waals surface area contributed by atoms with Crippen LogP contribution in [0.4, 0.5) is 0 Å². The molecule has 2 aromatic heterocycles. The van der Waals surface area contributed by atoms with E-state index in [0.29, 0.717) is 41.4 Å². The number of pyridine rings is 1. The van der Waals surface area contributed by atoms with Crippen molar-refractivity contribution < 1.29 is 4.79 Å². The van der Waals surface area contributed by atoms with Crippen LogP contribution in [-0.4, -0.2) is 38.6 Å².